The lowest BCUT2D eigenvalue weighted by Crippen LogP contribution is -2.50. The maximum Gasteiger partial charge on any atom is 0.322 e. The molecule has 2 heterocycles. The summed E-state index contributed by atoms with van der Waals surface area (Å²) in [5, 5.41) is 2.96. The van der Waals surface area contributed by atoms with Gasteiger partial charge in [-0.15, -0.1) is 0 Å². The zero-order valence-electron chi connectivity index (χ0n) is 16.3. The normalized spacial score (nSPS) is 21.2. The molecule has 0 spiro atoms. The van der Waals surface area contributed by atoms with E-state index in [-0.39, 0.29) is 18.0 Å². The van der Waals surface area contributed by atoms with Gasteiger partial charge in [0.05, 0.1) is 19.3 Å². The summed E-state index contributed by atoms with van der Waals surface area (Å²) in [5.41, 5.74) is 1.27. The Labute approximate surface area is 161 Å². The van der Waals surface area contributed by atoms with Crippen molar-refractivity contribution in [3.63, 3.8) is 0 Å². The Kier molecular flexibility index (Phi) is 6.68. The van der Waals surface area contributed by atoms with E-state index in [2.05, 4.69) is 24.2 Å². The van der Waals surface area contributed by atoms with E-state index in [0.29, 0.717) is 31.0 Å². The van der Waals surface area contributed by atoms with E-state index in [1.807, 2.05) is 28.0 Å². The molecule has 27 heavy (non-hydrogen) atoms. The molecule has 2 fully saturated rings. The molecule has 2 saturated heterocycles. The van der Waals surface area contributed by atoms with Gasteiger partial charge >= 0.3 is 6.03 Å². The first-order valence-electron chi connectivity index (χ1n) is 9.81. The Balaban J connectivity index is 1.64. The number of carbonyl (C=O) groups is 2. The topological polar surface area (TPSA) is 65.1 Å². The smallest absolute Gasteiger partial charge is 0.322 e. The highest BCUT2D eigenvalue weighted by molar-refractivity contribution is 5.97. The summed E-state index contributed by atoms with van der Waals surface area (Å²) in [7, 11) is 2.06. The molecule has 7 nitrogen and oxygen atoms in total. The van der Waals surface area contributed by atoms with Crippen molar-refractivity contribution in [1.82, 2.24) is 14.7 Å². The zero-order chi connectivity index (χ0) is 19.2. The van der Waals surface area contributed by atoms with Gasteiger partial charge in [0.15, 0.2) is 0 Å². The Morgan fingerprint density at radius 3 is 2.70 bits per heavy atom. The summed E-state index contributed by atoms with van der Waals surface area (Å²) in [6.07, 6.45) is 1.93. The molecule has 0 aromatic heterocycles. The van der Waals surface area contributed by atoms with Gasteiger partial charge in [-0.2, -0.15) is 0 Å². The van der Waals surface area contributed by atoms with E-state index >= 15 is 0 Å². The second kappa shape index (κ2) is 9.19. The summed E-state index contributed by atoms with van der Waals surface area (Å²) >= 11 is 0. The molecule has 7 heteroatoms. The summed E-state index contributed by atoms with van der Waals surface area (Å²) in [5.74, 6) is 0.0226. The van der Waals surface area contributed by atoms with Crippen molar-refractivity contribution < 1.29 is 14.3 Å². The van der Waals surface area contributed by atoms with Gasteiger partial charge in [0.25, 0.3) is 5.91 Å². The lowest BCUT2D eigenvalue weighted by atomic mass is 10.1. The van der Waals surface area contributed by atoms with Crippen LogP contribution in [-0.2, 0) is 4.74 Å². The van der Waals surface area contributed by atoms with Crippen LogP contribution < -0.4 is 5.32 Å². The van der Waals surface area contributed by atoms with Crippen LogP contribution in [0.4, 0.5) is 10.5 Å². The van der Waals surface area contributed by atoms with Crippen molar-refractivity contribution in [3.8, 4) is 0 Å². The van der Waals surface area contributed by atoms with E-state index in [9.17, 15) is 9.59 Å². The molecule has 2 aliphatic heterocycles. The van der Waals surface area contributed by atoms with Gasteiger partial charge < -0.3 is 24.8 Å². The van der Waals surface area contributed by atoms with Crippen molar-refractivity contribution in [1.29, 1.82) is 0 Å². The number of rotatable bonds is 4. The van der Waals surface area contributed by atoms with Crippen LogP contribution in [0.5, 0.6) is 0 Å². The van der Waals surface area contributed by atoms with E-state index < -0.39 is 0 Å². The van der Waals surface area contributed by atoms with E-state index in [0.717, 1.165) is 39.0 Å². The van der Waals surface area contributed by atoms with Crippen LogP contribution >= 0.6 is 0 Å². The van der Waals surface area contributed by atoms with Gasteiger partial charge in [-0.25, -0.2) is 4.79 Å². The minimum absolute atomic E-state index is 0.0226. The quantitative estimate of drug-likeness (QED) is 0.877. The molecule has 0 bridgehead atoms. The zero-order valence-corrected chi connectivity index (χ0v) is 16.3. The van der Waals surface area contributed by atoms with Gasteiger partial charge in [-0.05, 0) is 31.7 Å². The molecule has 1 aromatic carbocycles. The fourth-order valence-corrected chi connectivity index (χ4v) is 3.61. The number of morpholine rings is 1. The molecule has 0 saturated carbocycles. The minimum Gasteiger partial charge on any atom is -0.377 e. The second-order valence-electron chi connectivity index (χ2n) is 7.32. The lowest BCUT2D eigenvalue weighted by molar-refractivity contribution is 0.0125. The van der Waals surface area contributed by atoms with Crippen LogP contribution in [0.15, 0.2) is 24.3 Å². The Morgan fingerprint density at radius 2 is 1.96 bits per heavy atom. The SMILES string of the molecule is CCCC1COCCN1C(=O)Nc1cccc(C(=O)N2CCN(C)CC2)c1. The number of hydrogen-bond donors (Lipinski definition) is 1. The maximum absolute atomic E-state index is 12.8. The highest BCUT2D eigenvalue weighted by atomic mass is 16.5. The number of nitrogens with zero attached hydrogens (tertiary/aromatic N) is 3. The molecule has 1 atom stereocenters. The first-order chi connectivity index (χ1) is 13.1. The molecule has 2 aliphatic rings. The number of carbonyl (C=O) groups excluding carboxylic acids is 2. The number of urea groups is 1. The molecular formula is C20H30N4O3. The van der Waals surface area contributed by atoms with Crippen molar-refractivity contribution in [2.24, 2.45) is 0 Å². The molecule has 3 amide bonds. The predicted octanol–water partition coefficient (Wildman–Crippen LogP) is 2.11. The number of benzene rings is 1. The number of amides is 3. The lowest BCUT2D eigenvalue weighted by Gasteiger charge is -2.35. The Bertz CT molecular complexity index is 656. The highest BCUT2D eigenvalue weighted by Crippen LogP contribution is 2.17. The van der Waals surface area contributed by atoms with Crippen LogP contribution in [0, 0.1) is 0 Å². The minimum atomic E-state index is -0.124. The predicted molar refractivity (Wildman–Crippen MR) is 105 cm³/mol. The highest BCUT2D eigenvalue weighted by Gasteiger charge is 2.27. The van der Waals surface area contributed by atoms with Crippen LogP contribution in [0.1, 0.15) is 30.1 Å². The van der Waals surface area contributed by atoms with Crippen LogP contribution in [0.2, 0.25) is 0 Å². The maximum atomic E-state index is 12.8. The largest absolute Gasteiger partial charge is 0.377 e. The number of piperazine rings is 1. The third-order valence-corrected chi connectivity index (χ3v) is 5.26. The second-order valence-corrected chi connectivity index (χ2v) is 7.32. The molecular weight excluding hydrogens is 344 g/mol. The third kappa shape index (κ3) is 4.99. The molecule has 148 valence electrons. The molecule has 1 unspecified atom stereocenters. The summed E-state index contributed by atoms with van der Waals surface area (Å²) in [6, 6.07) is 7.22. The molecule has 1 aromatic rings. The first kappa shape index (κ1) is 19.6. The fourth-order valence-electron chi connectivity index (χ4n) is 3.61. The number of likely N-dealkylation sites (N-methyl/N-ethyl adjacent to an activating group) is 1. The van der Waals surface area contributed by atoms with Crippen LogP contribution in [0.3, 0.4) is 0 Å². The van der Waals surface area contributed by atoms with Crippen molar-refractivity contribution in [2.75, 3.05) is 58.3 Å². The molecule has 1 N–H and O–H groups in total. The van der Waals surface area contributed by atoms with Crippen molar-refractivity contribution in [3.05, 3.63) is 29.8 Å². The number of ether oxygens (including phenoxy) is 1. The third-order valence-electron chi connectivity index (χ3n) is 5.26. The summed E-state index contributed by atoms with van der Waals surface area (Å²) < 4.78 is 5.52. The standard InChI is InChI=1S/C20H30N4O3/c1-3-5-18-15-27-13-12-24(18)20(26)21-17-7-4-6-16(14-17)19(25)23-10-8-22(2)9-11-23/h4,6-7,14,18H,3,5,8-13,15H2,1-2H3,(H,21,26). The number of anilines is 1. The summed E-state index contributed by atoms with van der Waals surface area (Å²) in [6.45, 7) is 7.10. The molecule has 0 aliphatic carbocycles. The Morgan fingerprint density at radius 1 is 1.19 bits per heavy atom. The monoisotopic (exact) mass is 374 g/mol. The van der Waals surface area contributed by atoms with Crippen LogP contribution in [0.25, 0.3) is 0 Å². The average Bonchev–Trinajstić information content (AvgIpc) is 2.69. The molecule has 3 rings (SSSR count). The first-order valence-corrected chi connectivity index (χ1v) is 9.81. The van der Waals surface area contributed by atoms with Gasteiger partial charge in [0.2, 0.25) is 0 Å². The van der Waals surface area contributed by atoms with E-state index in [1.165, 1.54) is 0 Å². The number of nitrogens with one attached hydrogen (secondary N) is 1. The van der Waals surface area contributed by atoms with Gasteiger partial charge in [-0.3, -0.25) is 4.79 Å². The van der Waals surface area contributed by atoms with E-state index in [4.69, 9.17) is 4.74 Å². The number of hydrogen-bond acceptors (Lipinski definition) is 4. The average molecular weight is 374 g/mol. The summed E-state index contributed by atoms with van der Waals surface area (Å²) in [4.78, 5) is 31.4. The van der Waals surface area contributed by atoms with Crippen molar-refractivity contribution >= 4 is 17.6 Å². The van der Waals surface area contributed by atoms with E-state index in [1.54, 1.807) is 6.07 Å². The fraction of sp³-hybridized carbons (Fsp3) is 0.600. The Hall–Kier alpha value is -2.12. The van der Waals surface area contributed by atoms with Crippen molar-refractivity contribution in [2.45, 2.75) is 25.8 Å². The van der Waals surface area contributed by atoms with Crippen LogP contribution in [-0.4, -0.2) is 85.7 Å². The van der Waals surface area contributed by atoms with Gasteiger partial charge in [0.1, 0.15) is 0 Å². The van der Waals surface area contributed by atoms with Gasteiger partial charge in [0, 0.05) is 44.0 Å². The molecule has 0 radical (unpaired) electrons. The van der Waals surface area contributed by atoms with Gasteiger partial charge in [-0.1, -0.05) is 19.4 Å².